The van der Waals surface area contributed by atoms with Crippen LogP contribution in [0.2, 0.25) is 0 Å². The van der Waals surface area contributed by atoms with E-state index in [-0.39, 0.29) is 17.6 Å². The van der Waals surface area contributed by atoms with E-state index in [1.807, 2.05) is 36.7 Å². The van der Waals surface area contributed by atoms with Crippen LogP contribution >= 0.6 is 0 Å². The first-order chi connectivity index (χ1) is 16.0. The molecule has 9 heteroatoms. The highest BCUT2D eigenvalue weighted by Gasteiger charge is 2.34. The number of piperazine rings is 1. The van der Waals surface area contributed by atoms with Gasteiger partial charge in [0, 0.05) is 50.9 Å². The number of nitrogens with one attached hydrogen (secondary N) is 1. The summed E-state index contributed by atoms with van der Waals surface area (Å²) in [5.74, 6) is 0.364. The topological polar surface area (TPSA) is 73.7 Å². The van der Waals surface area contributed by atoms with E-state index in [9.17, 15) is 14.0 Å². The number of fused-ring (bicyclic) bond motifs is 1. The average Bonchev–Trinajstić information content (AvgIpc) is 3.20. The van der Waals surface area contributed by atoms with Crippen molar-refractivity contribution in [2.45, 2.75) is 45.7 Å². The van der Waals surface area contributed by atoms with E-state index in [4.69, 9.17) is 0 Å². The maximum Gasteiger partial charge on any atom is 0.243 e. The molecule has 4 rings (SSSR count). The van der Waals surface area contributed by atoms with Crippen LogP contribution in [-0.2, 0) is 16.1 Å². The summed E-state index contributed by atoms with van der Waals surface area (Å²) in [4.78, 5) is 31.8. The van der Waals surface area contributed by atoms with Crippen molar-refractivity contribution in [1.29, 1.82) is 0 Å². The molecule has 0 aliphatic carbocycles. The molecule has 1 saturated heterocycles. The van der Waals surface area contributed by atoms with Gasteiger partial charge < -0.3 is 10.2 Å². The summed E-state index contributed by atoms with van der Waals surface area (Å²) >= 11 is 0. The molecule has 178 valence electrons. The average molecular weight is 457 g/mol. The van der Waals surface area contributed by atoms with Gasteiger partial charge in [-0.15, -0.1) is 0 Å². The molecular formula is C24H33FN6O2. The molecule has 2 aromatic rings. The minimum Gasteiger partial charge on any atom is -0.369 e. The summed E-state index contributed by atoms with van der Waals surface area (Å²) in [6.45, 7) is 9.56. The third-order valence-electron chi connectivity index (χ3n) is 6.45. The van der Waals surface area contributed by atoms with Crippen LogP contribution in [0.4, 0.5) is 15.9 Å². The first kappa shape index (κ1) is 23.2. The van der Waals surface area contributed by atoms with Crippen LogP contribution < -0.4 is 15.1 Å². The Morgan fingerprint density at radius 1 is 1.15 bits per heavy atom. The molecule has 3 heterocycles. The van der Waals surface area contributed by atoms with Crippen LogP contribution in [0.25, 0.3) is 0 Å². The molecule has 0 radical (unpaired) electrons. The van der Waals surface area contributed by atoms with E-state index >= 15 is 0 Å². The van der Waals surface area contributed by atoms with Gasteiger partial charge in [-0.05, 0) is 50.6 Å². The van der Waals surface area contributed by atoms with Gasteiger partial charge in [-0.2, -0.15) is 5.10 Å². The number of hydrogen-bond donors (Lipinski definition) is 1. The van der Waals surface area contributed by atoms with Gasteiger partial charge in [-0.25, -0.2) is 9.07 Å². The predicted octanol–water partition coefficient (Wildman–Crippen LogP) is 2.17. The van der Waals surface area contributed by atoms with E-state index < -0.39 is 6.04 Å². The summed E-state index contributed by atoms with van der Waals surface area (Å²) in [5, 5.41) is 7.47. The van der Waals surface area contributed by atoms with Gasteiger partial charge >= 0.3 is 0 Å². The van der Waals surface area contributed by atoms with Crippen LogP contribution in [0.15, 0.2) is 30.3 Å². The SMILES string of the molecule is CCC(C(=O)NCCCN1CCN(c2ccc(F)cc2)CC1)N1C(=O)CCn2nc(C)cc21. The highest BCUT2D eigenvalue weighted by atomic mass is 19.1. The molecule has 8 nitrogen and oxygen atoms in total. The number of aryl methyl sites for hydroxylation is 2. The zero-order chi connectivity index (χ0) is 23.4. The number of hydrogen-bond acceptors (Lipinski definition) is 5. The highest BCUT2D eigenvalue weighted by molar-refractivity contribution is 6.00. The van der Waals surface area contributed by atoms with Crippen LogP contribution in [-0.4, -0.2) is 71.8 Å². The molecule has 1 unspecified atom stereocenters. The molecule has 0 spiro atoms. The Morgan fingerprint density at radius 3 is 2.58 bits per heavy atom. The number of amides is 2. The second kappa shape index (κ2) is 10.3. The Morgan fingerprint density at radius 2 is 1.88 bits per heavy atom. The molecule has 1 atom stereocenters. The van der Waals surface area contributed by atoms with E-state index in [1.165, 1.54) is 12.1 Å². The zero-order valence-corrected chi connectivity index (χ0v) is 19.5. The van der Waals surface area contributed by atoms with Crippen LogP contribution in [0.5, 0.6) is 0 Å². The molecule has 1 fully saturated rings. The normalized spacial score (nSPS) is 17.7. The second-order valence-corrected chi connectivity index (χ2v) is 8.75. The van der Waals surface area contributed by atoms with Crippen LogP contribution in [0.1, 0.15) is 31.9 Å². The summed E-state index contributed by atoms with van der Waals surface area (Å²) < 4.78 is 14.9. The molecule has 0 saturated carbocycles. The lowest BCUT2D eigenvalue weighted by molar-refractivity contribution is -0.127. The quantitative estimate of drug-likeness (QED) is 0.617. The number of aromatic nitrogens is 2. The van der Waals surface area contributed by atoms with E-state index in [1.54, 1.807) is 4.90 Å². The minimum atomic E-state index is -0.521. The minimum absolute atomic E-state index is 0.0246. The largest absolute Gasteiger partial charge is 0.369 e. The van der Waals surface area contributed by atoms with Crippen molar-refractivity contribution in [2.75, 3.05) is 49.1 Å². The Hall–Kier alpha value is -2.94. The van der Waals surface area contributed by atoms with Gasteiger partial charge in [0.25, 0.3) is 0 Å². The lowest BCUT2D eigenvalue weighted by Gasteiger charge is -2.36. The zero-order valence-electron chi connectivity index (χ0n) is 19.5. The molecule has 2 aliphatic rings. The molecule has 0 bridgehead atoms. The molecule has 2 amide bonds. The van der Waals surface area contributed by atoms with Crippen molar-refractivity contribution in [3.8, 4) is 0 Å². The maximum atomic E-state index is 13.1. The van der Waals surface area contributed by atoms with Gasteiger partial charge in [-0.1, -0.05) is 6.92 Å². The lowest BCUT2D eigenvalue weighted by atomic mass is 10.1. The number of carbonyl (C=O) groups excluding carboxylic acids is 2. The van der Waals surface area contributed by atoms with Crippen molar-refractivity contribution >= 4 is 23.3 Å². The van der Waals surface area contributed by atoms with Gasteiger partial charge in [-0.3, -0.25) is 19.4 Å². The van der Waals surface area contributed by atoms with E-state index in [0.717, 1.165) is 50.5 Å². The van der Waals surface area contributed by atoms with Crippen molar-refractivity contribution in [2.24, 2.45) is 0 Å². The van der Waals surface area contributed by atoms with Gasteiger partial charge in [0.15, 0.2) is 0 Å². The third-order valence-corrected chi connectivity index (χ3v) is 6.45. The van der Waals surface area contributed by atoms with Crippen molar-refractivity contribution in [3.63, 3.8) is 0 Å². The number of rotatable bonds is 8. The Labute approximate surface area is 194 Å². The van der Waals surface area contributed by atoms with Gasteiger partial charge in [0.1, 0.15) is 17.7 Å². The predicted molar refractivity (Wildman–Crippen MR) is 126 cm³/mol. The fourth-order valence-electron chi connectivity index (χ4n) is 4.67. The van der Waals surface area contributed by atoms with E-state index in [0.29, 0.717) is 31.7 Å². The summed E-state index contributed by atoms with van der Waals surface area (Å²) in [5.41, 5.74) is 1.90. The van der Waals surface area contributed by atoms with Gasteiger partial charge in [0.05, 0.1) is 12.2 Å². The third kappa shape index (κ3) is 5.35. The van der Waals surface area contributed by atoms with Gasteiger partial charge in [0.2, 0.25) is 11.8 Å². The van der Waals surface area contributed by atoms with Crippen molar-refractivity contribution < 1.29 is 14.0 Å². The number of benzene rings is 1. The smallest absolute Gasteiger partial charge is 0.243 e. The highest BCUT2D eigenvalue weighted by Crippen LogP contribution is 2.26. The fourth-order valence-corrected chi connectivity index (χ4v) is 4.67. The Kier molecular flexibility index (Phi) is 7.27. The second-order valence-electron chi connectivity index (χ2n) is 8.75. The molecule has 2 aliphatic heterocycles. The number of nitrogens with zero attached hydrogens (tertiary/aromatic N) is 5. The van der Waals surface area contributed by atoms with Crippen molar-refractivity contribution in [1.82, 2.24) is 20.0 Å². The maximum absolute atomic E-state index is 13.1. The molecule has 33 heavy (non-hydrogen) atoms. The summed E-state index contributed by atoms with van der Waals surface area (Å²) in [6, 6.07) is 8.00. The van der Waals surface area contributed by atoms with Crippen LogP contribution in [0.3, 0.4) is 0 Å². The number of anilines is 2. The van der Waals surface area contributed by atoms with E-state index in [2.05, 4.69) is 20.2 Å². The van der Waals surface area contributed by atoms with Crippen molar-refractivity contribution in [3.05, 3.63) is 41.8 Å². The Bertz CT molecular complexity index is 968. The molecular weight excluding hydrogens is 423 g/mol. The summed E-state index contributed by atoms with van der Waals surface area (Å²) in [6.07, 6.45) is 1.76. The summed E-state index contributed by atoms with van der Waals surface area (Å²) in [7, 11) is 0. The van der Waals surface area contributed by atoms with Crippen LogP contribution in [0, 0.1) is 12.7 Å². The molecule has 1 aromatic carbocycles. The first-order valence-corrected chi connectivity index (χ1v) is 11.8. The number of halogens is 1. The fraction of sp³-hybridized carbons (Fsp3) is 0.542. The molecule has 1 aromatic heterocycles. The monoisotopic (exact) mass is 456 g/mol. The lowest BCUT2D eigenvalue weighted by Crippen LogP contribution is -2.52. The first-order valence-electron chi connectivity index (χ1n) is 11.8. The standard InChI is InChI=1S/C24H33FN6O2/c1-3-21(31-22-17-18(2)27-30(22)12-9-23(31)32)24(33)26-10-4-11-28-13-15-29(16-14-28)20-7-5-19(25)6-8-20/h5-8,17,21H,3-4,9-16H2,1-2H3,(H,26,33). The number of carbonyl (C=O) groups is 2. The Balaban J connectivity index is 1.22. The molecule has 1 N–H and O–H groups in total.